The second-order valence-corrected chi connectivity index (χ2v) is 3.23. The lowest BCUT2D eigenvalue weighted by atomic mass is 10.1. The number of carboxylic acid groups (broad SMARTS) is 1. The molecule has 16 heavy (non-hydrogen) atoms. The highest BCUT2D eigenvalue weighted by molar-refractivity contribution is 5.70. The SMILES string of the molecule is COc1cc(C=CCC(=O)O)ccc1CO. The van der Waals surface area contributed by atoms with Crippen molar-refractivity contribution in [2.75, 3.05) is 7.11 Å². The van der Waals surface area contributed by atoms with E-state index in [1.165, 1.54) is 7.11 Å². The minimum Gasteiger partial charge on any atom is -0.496 e. The van der Waals surface area contributed by atoms with Crippen LogP contribution in [0.4, 0.5) is 0 Å². The molecule has 1 aromatic rings. The lowest BCUT2D eigenvalue weighted by Gasteiger charge is -2.06. The zero-order valence-electron chi connectivity index (χ0n) is 9.01. The van der Waals surface area contributed by atoms with E-state index < -0.39 is 5.97 Å². The Morgan fingerprint density at radius 3 is 2.81 bits per heavy atom. The summed E-state index contributed by atoms with van der Waals surface area (Å²) in [5.74, 6) is -0.268. The Balaban J connectivity index is 2.82. The zero-order valence-corrected chi connectivity index (χ0v) is 9.01. The van der Waals surface area contributed by atoms with Gasteiger partial charge in [-0.3, -0.25) is 4.79 Å². The van der Waals surface area contributed by atoms with Gasteiger partial charge in [0, 0.05) is 5.56 Å². The number of hydrogen-bond donors (Lipinski definition) is 2. The molecule has 1 aromatic carbocycles. The number of benzene rings is 1. The van der Waals surface area contributed by atoms with Gasteiger partial charge in [0.25, 0.3) is 0 Å². The Morgan fingerprint density at radius 2 is 2.25 bits per heavy atom. The minimum atomic E-state index is -0.866. The van der Waals surface area contributed by atoms with Crippen LogP contribution in [-0.4, -0.2) is 23.3 Å². The molecule has 0 bridgehead atoms. The van der Waals surface area contributed by atoms with Crippen LogP contribution in [0.15, 0.2) is 24.3 Å². The molecule has 1 rings (SSSR count). The molecule has 2 N–H and O–H groups in total. The van der Waals surface area contributed by atoms with Crippen LogP contribution in [-0.2, 0) is 11.4 Å². The molecular formula is C12H14O4. The molecule has 0 fully saturated rings. The average molecular weight is 222 g/mol. The summed E-state index contributed by atoms with van der Waals surface area (Å²) in [5.41, 5.74) is 1.55. The molecule has 0 aliphatic rings. The second kappa shape index (κ2) is 5.92. The summed E-state index contributed by atoms with van der Waals surface area (Å²) >= 11 is 0. The molecule has 0 saturated heterocycles. The van der Waals surface area contributed by atoms with E-state index in [1.807, 2.05) is 0 Å². The number of aliphatic hydroxyl groups is 1. The van der Waals surface area contributed by atoms with Crippen molar-refractivity contribution in [1.82, 2.24) is 0 Å². The predicted molar refractivity (Wildman–Crippen MR) is 60.2 cm³/mol. The van der Waals surface area contributed by atoms with Crippen LogP contribution < -0.4 is 4.74 Å². The molecule has 0 aliphatic carbocycles. The van der Waals surface area contributed by atoms with E-state index in [2.05, 4.69) is 0 Å². The molecule has 0 aromatic heterocycles. The van der Waals surface area contributed by atoms with Crippen LogP contribution in [0.25, 0.3) is 6.08 Å². The Morgan fingerprint density at radius 1 is 1.50 bits per heavy atom. The van der Waals surface area contributed by atoms with Gasteiger partial charge in [-0.25, -0.2) is 0 Å². The van der Waals surface area contributed by atoms with E-state index in [9.17, 15) is 4.79 Å². The van der Waals surface area contributed by atoms with Crippen molar-refractivity contribution in [3.63, 3.8) is 0 Å². The summed E-state index contributed by atoms with van der Waals surface area (Å²) in [6, 6.07) is 5.30. The number of aliphatic carboxylic acids is 1. The summed E-state index contributed by atoms with van der Waals surface area (Å²) in [6.07, 6.45) is 3.26. The largest absolute Gasteiger partial charge is 0.496 e. The van der Waals surface area contributed by atoms with Crippen LogP contribution in [0.5, 0.6) is 5.75 Å². The van der Waals surface area contributed by atoms with Crippen LogP contribution in [0.1, 0.15) is 17.5 Å². The van der Waals surface area contributed by atoms with Gasteiger partial charge < -0.3 is 14.9 Å². The quantitative estimate of drug-likeness (QED) is 0.795. The number of aliphatic hydroxyl groups excluding tert-OH is 1. The Kier molecular flexibility index (Phi) is 4.54. The summed E-state index contributed by atoms with van der Waals surface area (Å²) in [6.45, 7) is -0.0811. The number of rotatable bonds is 5. The fourth-order valence-electron chi connectivity index (χ4n) is 1.29. The molecule has 0 atom stereocenters. The van der Waals surface area contributed by atoms with E-state index in [0.717, 1.165) is 5.56 Å². The number of carbonyl (C=O) groups is 1. The number of hydrogen-bond acceptors (Lipinski definition) is 3. The van der Waals surface area contributed by atoms with Gasteiger partial charge in [-0.1, -0.05) is 24.3 Å². The third kappa shape index (κ3) is 3.40. The van der Waals surface area contributed by atoms with Gasteiger partial charge in [-0.15, -0.1) is 0 Å². The number of carboxylic acids is 1. The van der Waals surface area contributed by atoms with E-state index in [4.69, 9.17) is 14.9 Å². The molecule has 0 saturated carbocycles. The standard InChI is InChI=1S/C12H14O4/c1-16-11-7-9(3-2-4-12(14)15)5-6-10(11)8-13/h2-3,5-7,13H,4,8H2,1H3,(H,14,15). The van der Waals surface area contributed by atoms with Crippen LogP contribution in [0, 0.1) is 0 Å². The smallest absolute Gasteiger partial charge is 0.307 e. The zero-order chi connectivity index (χ0) is 12.0. The van der Waals surface area contributed by atoms with Crippen LogP contribution in [0.2, 0.25) is 0 Å². The minimum absolute atomic E-state index is 0.00985. The van der Waals surface area contributed by atoms with Gasteiger partial charge in [0.05, 0.1) is 20.1 Å². The predicted octanol–water partition coefficient (Wildman–Crippen LogP) is 1.68. The first-order chi connectivity index (χ1) is 7.67. The Hall–Kier alpha value is -1.81. The average Bonchev–Trinajstić information content (AvgIpc) is 2.28. The third-order valence-electron chi connectivity index (χ3n) is 2.08. The van der Waals surface area contributed by atoms with E-state index in [0.29, 0.717) is 11.3 Å². The first-order valence-electron chi connectivity index (χ1n) is 4.83. The first kappa shape index (κ1) is 12.3. The Bertz CT molecular complexity index is 396. The van der Waals surface area contributed by atoms with Gasteiger partial charge in [0.2, 0.25) is 0 Å². The summed E-state index contributed by atoms with van der Waals surface area (Å²) in [5, 5.41) is 17.5. The van der Waals surface area contributed by atoms with E-state index in [1.54, 1.807) is 30.4 Å². The van der Waals surface area contributed by atoms with E-state index in [-0.39, 0.29) is 13.0 Å². The summed E-state index contributed by atoms with van der Waals surface area (Å²) < 4.78 is 5.09. The highest BCUT2D eigenvalue weighted by Crippen LogP contribution is 2.20. The first-order valence-corrected chi connectivity index (χ1v) is 4.83. The summed E-state index contributed by atoms with van der Waals surface area (Å²) in [4.78, 5) is 10.3. The fourth-order valence-corrected chi connectivity index (χ4v) is 1.29. The van der Waals surface area contributed by atoms with Crippen molar-refractivity contribution in [2.45, 2.75) is 13.0 Å². The van der Waals surface area contributed by atoms with Crippen LogP contribution in [0.3, 0.4) is 0 Å². The third-order valence-corrected chi connectivity index (χ3v) is 2.08. The molecule has 0 amide bonds. The maximum absolute atomic E-state index is 10.3. The fraction of sp³-hybridized carbons (Fsp3) is 0.250. The lowest BCUT2D eigenvalue weighted by Crippen LogP contribution is -1.92. The van der Waals surface area contributed by atoms with Gasteiger partial charge >= 0.3 is 5.97 Å². The normalized spacial score (nSPS) is 10.6. The highest BCUT2D eigenvalue weighted by atomic mass is 16.5. The molecule has 0 heterocycles. The maximum Gasteiger partial charge on any atom is 0.307 e. The van der Waals surface area contributed by atoms with Crippen molar-refractivity contribution < 1.29 is 19.7 Å². The number of ether oxygens (including phenoxy) is 1. The van der Waals surface area contributed by atoms with Crippen molar-refractivity contribution in [3.8, 4) is 5.75 Å². The van der Waals surface area contributed by atoms with Crippen molar-refractivity contribution in [3.05, 3.63) is 35.4 Å². The van der Waals surface area contributed by atoms with Gasteiger partial charge in [0.1, 0.15) is 5.75 Å². The summed E-state index contributed by atoms with van der Waals surface area (Å²) in [7, 11) is 1.53. The second-order valence-electron chi connectivity index (χ2n) is 3.23. The topological polar surface area (TPSA) is 66.8 Å². The van der Waals surface area contributed by atoms with Crippen molar-refractivity contribution >= 4 is 12.0 Å². The lowest BCUT2D eigenvalue weighted by molar-refractivity contribution is -0.135. The Labute approximate surface area is 93.8 Å². The van der Waals surface area contributed by atoms with Crippen molar-refractivity contribution in [1.29, 1.82) is 0 Å². The van der Waals surface area contributed by atoms with Crippen LogP contribution >= 0.6 is 0 Å². The van der Waals surface area contributed by atoms with Gasteiger partial charge in [-0.05, 0) is 11.6 Å². The molecule has 86 valence electrons. The molecule has 4 nitrogen and oxygen atoms in total. The maximum atomic E-state index is 10.3. The molecule has 0 radical (unpaired) electrons. The molecule has 0 spiro atoms. The highest BCUT2D eigenvalue weighted by Gasteiger charge is 2.01. The molecule has 0 aliphatic heterocycles. The van der Waals surface area contributed by atoms with Crippen molar-refractivity contribution in [2.24, 2.45) is 0 Å². The number of methoxy groups -OCH3 is 1. The van der Waals surface area contributed by atoms with Gasteiger partial charge in [0.15, 0.2) is 0 Å². The molecule has 0 unspecified atom stereocenters. The molecular weight excluding hydrogens is 208 g/mol. The van der Waals surface area contributed by atoms with E-state index >= 15 is 0 Å². The van der Waals surface area contributed by atoms with Gasteiger partial charge in [-0.2, -0.15) is 0 Å². The molecule has 4 heteroatoms. The monoisotopic (exact) mass is 222 g/mol.